The van der Waals surface area contributed by atoms with Crippen LogP contribution in [0.25, 0.3) is 10.9 Å². The lowest BCUT2D eigenvalue weighted by Crippen LogP contribution is -2.13. The lowest BCUT2D eigenvalue weighted by atomic mass is 9.97. The monoisotopic (exact) mass is 380 g/mol. The van der Waals surface area contributed by atoms with Gasteiger partial charge in [-0.25, -0.2) is 9.97 Å². The number of ether oxygens (including phenoxy) is 1. The number of aromatic nitrogens is 3. The maximum atomic E-state index is 10.2. The van der Waals surface area contributed by atoms with Crippen molar-refractivity contribution in [1.82, 2.24) is 15.0 Å². The van der Waals surface area contributed by atoms with Gasteiger partial charge in [-0.05, 0) is 35.9 Å². The standard InChI is InChI=1S/C20H17ClN4O2/c1-27-18-5-2-12(8-17(18)26)20(25-19-6-7-22-11-24-19)15-10-23-16-9-13(21)3-4-14(15)16/h2-11,20,23,26H,1H3,(H,22,24,25). The second kappa shape index (κ2) is 7.17. The first-order valence-electron chi connectivity index (χ1n) is 8.31. The molecule has 0 aliphatic rings. The number of nitrogens with zero attached hydrogens (tertiary/aromatic N) is 2. The fraction of sp³-hybridized carbons (Fsp3) is 0.100. The average Bonchev–Trinajstić information content (AvgIpc) is 3.09. The molecule has 27 heavy (non-hydrogen) atoms. The third-order valence-corrected chi connectivity index (χ3v) is 4.63. The van der Waals surface area contributed by atoms with Gasteiger partial charge in [-0.2, -0.15) is 0 Å². The number of nitrogens with one attached hydrogen (secondary N) is 2. The van der Waals surface area contributed by atoms with E-state index in [1.54, 1.807) is 24.4 Å². The molecule has 0 saturated carbocycles. The maximum Gasteiger partial charge on any atom is 0.160 e. The van der Waals surface area contributed by atoms with Gasteiger partial charge in [0.2, 0.25) is 0 Å². The molecule has 3 N–H and O–H groups in total. The number of aromatic hydroxyl groups is 1. The Kier molecular flexibility index (Phi) is 4.56. The van der Waals surface area contributed by atoms with E-state index in [9.17, 15) is 5.11 Å². The van der Waals surface area contributed by atoms with Crippen molar-refractivity contribution in [2.75, 3.05) is 12.4 Å². The normalized spacial score (nSPS) is 12.1. The highest BCUT2D eigenvalue weighted by Crippen LogP contribution is 2.36. The van der Waals surface area contributed by atoms with Crippen LogP contribution >= 0.6 is 11.6 Å². The Hall–Kier alpha value is -3.25. The third kappa shape index (κ3) is 3.39. The van der Waals surface area contributed by atoms with Crippen molar-refractivity contribution in [3.05, 3.63) is 77.3 Å². The van der Waals surface area contributed by atoms with Crippen LogP contribution in [0.15, 0.2) is 61.2 Å². The summed E-state index contributed by atoms with van der Waals surface area (Å²) in [7, 11) is 1.52. The van der Waals surface area contributed by atoms with E-state index in [4.69, 9.17) is 16.3 Å². The fourth-order valence-corrected chi connectivity index (χ4v) is 3.28. The molecule has 4 rings (SSSR count). The Morgan fingerprint density at radius 1 is 1.19 bits per heavy atom. The molecule has 0 radical (unpaired) electrons. The number of H-pyrrole nitrogens is 1. The van der Waals surface area contributed by atoms with Gasteiger partial charge in [-0.15, -0.1) is 0 Å². The van der Waals surface area contributed by atoms with Crippen LogP contribution in [0.3, 0.4) is 0 Å². The molecule has 2 heterocycles. The summed E-state index contributed by atoms with van der Waals surface area (Å²) in [4.78, 5) is 11.5. The van der Waals surface area contributed by atoms with Crippen LogP contribution in [-0.2, 0) is 0 Å². The van der Waals surface area contributed by atoms with Crippen LogP contribution in [0.2, 0.25) is 5.02 Å². The zero-order valence-corrected chi connectivity index (χ0v) is 15.2. The minimum Gasteiger partial charge on any atom is -0.504 e. The van der Waals surface area contributed by atoms with E-state index in [-0.39, 0.29) is 11.8 Å². The second-order valence-electron chi connectivity index (χ2n) is 6.04. The third-order valence-electron chi connectivity index (χ3n) is 4.40. The van der Waals surface area contributed by atoms with Gasteiger partial charge in [0.25, 0.3) is 0 Å². The molecule has 1 atom stereocenters. The number of phenols is 1. The highest BCUT2D eigenvalue weighted by atomic mass is 35.5. The van der Waals surface area contributed by atoms with E-state index in [1.807, 2.05) is 30.5 Å². The first-order valence-corrected chi connectivity index (χ1v) is 8.69. The second-order valence-corrected chi connectivity index (χ2v) is 6.47. The van der Waals surface area contributed by atoms with Crippen molar-refractivity contribution in [3.63, 3.8) is 0 Å². The van der Waals surface area contributed by atoms with Crippen LogP contribution in [0.4, 0.5) is 5.82 Å². The average molecular weight is 381 g/mol. The van der Waals surface area contributed by atoms with E-state index >= 15 is 0 Å². The Bertz CT molecular complexity index is 1080. The summed E-state index contributed by atoms with van der Waals surface area (Å²) in [5.41, 5.74) is 2.80. The molecule has 0 aliphatic heterocycles. The van der Waals surface area contributed by atoms with Crippen molar-refractivity contribution in [2.24, 2.45) is 0 Å². The highest BCUT2D eigenvalue weighted by Gasteiger charge is 2.20. The zero-order valence-electron chi connectivity index (χ0n) is 14.5. The summed E-state index contributed by atoms with van der Waals surface area (Å²) < 4.78 is 5.16. The predicted octanol–water partition coefficient (Wildman–Crippen LogP) is 4.53. The molecule has 0 saturated heterocycles. The van der Waals surface area contributed by atoms with Crippen LogP contribution in [0.5, 0.6) is 11.5 Å². The first-order chi connectivity index (χ1) is 13.2. The van der Waals surface area contributed by atoms with E-state index in [0.29, 0.717) is 16.6 Å². The minimum absolute atomic E-state index is 0.0763. The molecule has 0 amide bonds. The number of halogens is 1. The molecule has 136 valence electrons. The molecular formula is C20H17ClN4O2. The van der Waals surface area contributed by atoms with Crippen molar-refractivity contribution in [1.29, 1.82) is 0 Å². The van der Waals surface area contributed by atoms with Gasteiger partial charge in [-0.3, -0.25) is 0 Å². The quantitative estimate of drug-likeness (QED) is 0.474. The molecular weight excluding hydrogens is 364 g/mol. The van der Waals surface area contributed by atoms with Crippen LogP contribution in [0, 0.1) is 0 Å². The molecule has 4 aromatic rings. The summed E-state index contributed by atoms with van der Waals surface area (Å²) in [5, 5.41) is 15.4. The van der Waals surface area contributed by atoms with Gasteiger partial charge in [0.1, 0.15) is 12.1 Å². The van der Waals surface area contributed by atoms with Gasteiger partial charge >= 0.3 is 0 Å². The zero-order chi connectivity index (χ0) is 18.8. The summed E-state index contributed by atoms with van der Waals surface area (Å²) in [6.45, 7) is 0. The molecule has 2 aromatic heterocycles. The molecule has 0 fully saturated rings. The molecule has 1 unspecified atom stereocenters. The molecule has 2 aromatic carbocycles. The van der Waals surface area contributed by atoms with Crippen molar-refractivity contribution < 1.29 is 9.84 Å². The number of methoxy groups -OCH3 is 1. The number of fused-ring (bicyclic) bond motifs is 1. The van der Waals surface area contributed by atoms with E-state index in [1.165, 1.54) is 13.4 Å². The Labute approximate surface area is 160 Å². The van der Waals surface area contributed by atoms with Gasteiger partial charge in [0.05, 0.1) is 13.2 Å². The molecule has 7 heteroatoms. The van der Waals surface area contributed by atoms with Crippen LogP contribution in [0.1, 0.15) is 17.2 Å². The van der Waals surface area contributed by atoms with Gasteiger partial charge in [-0.1, -0.05) is 23.7 Å². The minimum atomic E-state index is -0.258. The Morgan fingerprint density at radius 3 is 2.81 bits per heavy atom. The summed E-state index contributed by atoms with van der Waals surface area (Å²) in [6, 6.07) is 12.6. The lowest BCUT2D eigenvalue weighted by molar-refractivity contribution is 0.373. The van der Waals surface area contributed by atoms with Crippen molar-refractivity contribution >= 4 is 28.3 Å². The number of aromatic amines is 1. The number of anilines is 1. The lowest BCUT2D eigenvalue weighted by Gasteiger charge is -2.20. The number of hydrogen-bond donors (Lipinski definition) is 3. The number of phenolic OH excluding ortho intramolecular Hbond substituents is 1. The molecule has 0 spiro atoms. The van der Waals surface area contributed by atoms with Crippen LogP contribution in [-0.4, -0.2) is 27.2 Å². The topological polar surface area (TPSA) is 83.1 Å². The van der Waals surface area contributed by atoms with Gasteiger partial charge in [0, 0.05) is 33.9 Å². The predicted molar refractivity (Wildman–Crippen MR) is 105 cm³/mol. The largest absolute Gasteiger partial charge is 0.504 e. The van der Waals surface area contributed by atoms with Crippen molar-refractivity contribution in [2.45, 2.75) is 6.04 Å². The number of rotatable bonds is 5. The molecule has 0 bridgehead atoms. The first kappa shape index (κ1) is 17.2. The van der Waals surface area contributed by atoms with Gasteiger partial charge in [0.15, 0.2) is 11.5 Å². The number of benzene rings is 2. The number of hydrogen-bond acceptors (Lipinski definition) is 5. The Balaban J connectivity index is 1.83. The summed E-state index contributed by atoms with van der Waals surface area (Å²) in [6.07, 6.45) is 5.09. The van der Waals surface area contributed by atoms with Crippen molar-refractivity contribution in [3.8, 4) is 11.5 Å². The fourth-order valence-electron chi connectivity index (χ4n) is 3.11. The van der Waals surface area contributed by atoms with Gasteiger partial charge < -0.3 is 20.1 Å². The molecule has 0 aliphatic carbocycles. The van der Waals surface area contributed by atoms with E-state index in [0.717, 1.165) is 22.0 Å². The SMILES string of the molecule is COc1ccc(C(Nc2ccncn2)c2c[nH]c3cc(Cl)ccc23)cc1O. The molecule has 6 nitrogen and oxygen atoms in total. The Morgan fingerprint density at radius 2 is 2.07 bits per heavy atom. The van der Waals surface area contributed by atoms with E-state index in [2.05, 4.69) is 20.3 Å². The van der Waals surface area contributed by atoms with Crippen LogP contribution < -0.4 is 10.1 Å². The van der Waals surface area contributed by atoms with E-state index < -0.39 is 0 Å². The smallest absolute Gasteiger partial charge is 0.160 e. The maximum absolute atomic E-state index is 10.2. The highest BCUT2D eigenvalue weighted by molar-refractivity contribution is 6.31. The summed E-state index contributed by atoms with van der Waals surface area (Å²) >= 11 is 6.11. The summed E-state index contributed by atoms with van der Waals surface area (Å²) in [5.74, 6) is 1.17.